The highest BCUT2D eigenvalue weighted by Crippen LogP contribution is 2.29. The third kappa shape index (κ3) is 6.14. The van der Waals surface area contributed by atoms with Crippen LogP contribution in [0.15, 0.2) is 42.5 Å². The minimum absolute atomic E-state index is 0.395. The number of methoxy groups -OCH3 is 2. The van der Waals surface area contributed by atoms with Crippen LogP contribution in [-0.4, -0.2) is 38.8 Å². The van der Waals surface area contributed by atoms with Gasteiger partial charge in [-0.1, -0.05) is 0 Å². The van der Waals surface area contributed by atoms with Crippen LogP contribution in [-0.2, 0) is 14.3 Å². The smallest absolute Gasteiger partial charge is 0.347 e. The lowest BCUT2D eigenvalue weighted by Gasteiger charge is -2.19. The molecule has 0 unspecified atom stereocenters. The predicted octanol–water partition coefficient (Wildman–Crippen LogP) is 2.76. The number of rotatable bonds is 9. The van der Waals surface area contributed by atoms with Crippen molar-refractivity contribution in [3.05, 3.63) is 53.6 Å². The first kappa shape index (κ1) is 22.6. The molecule has 0 spiro atoms. The fourth-order valence-electron chi connectivity index (χ4n) is 2.65. The van der Waals surface area contributed by atoms with E-state index in [1.807, 2.05) is 6.07 Å². The normalized spacial score (nSPS) is 12.1. The Morgan fingerprint density at radius 2 is 1.70 bits per heavy atom. The molecule has 0 aromatic heterocycles. The lowest BCUT2D eigenvalue weighted by atomic mass is 10.1. The van der Waals surface area contributed by atoms with Crippen molar-refractivity contribution >= 4 is 11.9 Å². The minimum atomic E-state index is -0.915. The average molecular weight is 412 g/mol. The summed E-state index contributed by atoms with van der Waals surface area (Å²) in [4.78, 5) is 24.3. The van der Waals surface area contributed by atoms with Crippen molar-refractivity contribution in [2.24, 2.45) is 0 Å². The molecule has 0 saturated heterocycles. The van der Waals surface area contributed by atoms with Crippen molar-refractivity contribution in [3.63, 3.8) is 0 Å². The Labute approximate surface area is 175 Å². The third-order valence-corrected chi connectivity index (χ3v) is 4.25. The molecule has 0 fully saturated rings. The molecule has 8 nitrogen and oxygen atoms in total. The van der Waals surface area contributed by atoms with Gasteiger partial charge in [-0.25, -0.2) is 4.79 Å². The van der Waals surface area contributed by atoms with Gasteiger partial charge in [0.15, 0.2) is 12.7 Å². The van der Waals surface area contributed by atoms with Gasteiger partial charge in [-0.05, 0) is 56.3 Å². The van der Waals surface area contributed by atoms with Crippen LogP contribution in [0.25, 0.3) is 0 Å². The van der Waals surface area contributed by atoms with Crippen LogP contribution in [0.2, 0.25) is 0 Å². The van der Waals surface area contributed by atoms with Crippen LogP contribution in [0, 0.1) is 11.3 Å². The second kappa shape index (κ2) is 10.7. The van der Waals surface area contributed by atoms with Gasteiger partial charge in [0.05, 0.1) is 31.9 Å². The second-order valence-electron chi connectivity index (χ2n) is 6.40. The first-order valence-electron chi connectivity index (χ1n) is 9.22. The van der Waals surface area contributed by atoms with Crippen LogP contribution in [0.3, 0.4) is 0 Å². The largest absolute Gasteiger partial charge is 0.497 e. The average Bonchev–Trinajstić information content (AvgIpc) is 2.77. The number of carbonyl (C=O) groups excluding carboxylic acids is 2. The molecule has 0 saturated carbocycles. The highest BCUT2D eigenvalue weighted by Gasteiger charge is 2.20. The lowest BCUT2D eigenvalue weighted by molar-refractivity contribution is -0.154. The maximum Gasteiger partial charge on any atom is 0.347 e. The van der Waals surface area contributed by atoms with Gasteiger partial charge in [-0.3, -0.25) is 4.79 Å². The summed E-state index contributed by atoms with van der Waals surface area (Å²) in [6.07, 6.45) is -0.915. The molecule has 8 heteroatoms. The molecule has 0 aliphatic heterocycles. The maximum atomic E-state index is 12.2. The zero-order valence-corrected chi connectivity index (χ0v) is 17.3. The molecule has 0 radical (unpaired) electrons. The zero-order chi connectivity index (χ0) is 22.1. The van der Waals surface area contributed by atoms with E-state index >= 15 is 0 Å². The fourth-order valence-corrected chi connectivity index (χ4v) is 2.65. The van der Waals surface area contributed by atoms with Crippen molar-refractivity contribution in [1.82, 2.24) is 5.32 Å². The van der Waals surface area contributed by atoms with E-state index in [0.29, 0.717) is 22.8 Å². The van der Waals surface area contributed by atoms with Gasteiger partial charge in [0.25, 0.3) is 5.91 Å². The topological polar surface area (TPSA) is 107 Å². The van der Waals surface area contributed by atoms with E-state index in [9.17, 15) is 9.59 Å². The molecule has 30 heavy (non-hydrogen) atoms. The summed E-state index contributed by atoms with van der Waals surface area (Å²) in [5, 5.41) is 11.6. The summed E-state index contributed by atoms with van der Waals surface area (Å²) < 4.78 is 21.0. The molecule has 2 rings (SSSR count). The van der Waals surface area contributed by atoms with Crippen LogP contribution >= 0.6 is 0 Å². The summed E-state index contributed by atoms with van der Waals surface area (Å²) in [6, 6.07) is 13.2. The van der Waals surface area contributed by atoms with Gasteiger partial charge in [0.2, 0.25) is 0 Å². The summed E-state index contributed by atoms with van der Waals surface area (Å²) >= 11 is 0. The Bertz CT molecular complexity index is 920. The number of carbonyl (C=O) groups is 2. The van der Waals surface area contributed by atoms with Crippen molar-refractivity contribution in [2.45, 2.75) is 26.0 Å². The van der Waals surface area contributed by atoms with Crippen LogP contribution in [0.1, 0.15) is 31.0 Å². The number of nitrogens with one attached hydrogen (secondary N) is 1. The fraction of sp³-hybridized carbons (Fsp3) is 0.318. The third-order valence-electron chi connectivity index (χ3n) is 4.25. The van der Waals surface area contributed by atoms with E-state index in [1.165, 1.54) is 14.0 Å². The molecular weight excluding hydrogens is 388 g/mol. The highest BCUT2D eigenvalue weighted by atomic mass is 16.6. The number of nitrogens with zero attached hydrogens (tertiary/aromatic N) is 1. The second-order valence-corrected chi connectivity index (χ2v) is 6.40. The maximum absolute atomic E-state index is 12.2. The number of nitriles is 1. The van der Waals surface area contributed by atoms with E-state index in [-0.39, 0.29) is 0 Å². The zero-order valence-electron chi connectivity index (χ0n) is 17.3. The molecule has 0 bridgehead atoms. The van der Waals surface area contributed by atoms with Gasteiger partial charge >= 0.3 is 5.97 Å². The molecule has 2 aromatic carbocycles. The lowest BCUT2D eigenvalue weighted by Crippen LogP contribution is -2.34. The number of benzene rings is 2. The molecular formula is C22H24N2O6. The Morgan fingerprint density at radius 1 is 1.03 bits per heavy atom. The van der Waals surface area contributed by atoms with Crippen LogP contribution < -0.4 is 19.5 Å². The quantitative estimate of drug-likeness (QED) is 0.631. The first-order valence-corrected chi connectivity index (χ1v) is 9.22. The molecule has 158 valence electrons. The summed E-state index contributed by atoms with van der Waals surface area (Å²) in [5.41, 5.74) is 1.21. The van der Waals surface area contributed by atoms with E-state index in [4.69, 9.17) is 24.2 Å². The number of hydrogen-bond acceptors (Lipinski definition) is 7. The summed E-state index contributed by atoms with van der Waals surface area (Å²) in [5.74, 6) is 0.506. The number of hydrogen-bond donors (Lipinski definition) is 1. The van der Waals surface area contributed by atoms with Gasteiger partial charge in [-0.15, -0.1) is 0 Å². The number of esters is 1. The summed E-state index contributed by atoms with van der Waals surface area (Å²) in [6.45, 7) is 2.85. The Kier molecular flexibility index (Phi) is 8.06. The summed E-state index contributed by atoms with van der Waals surface area (Å²) in [7, 11) is 3.09. The first-order chi connectivity index (χ1) is 14.4. The molecule has 0 heterocycles. The SMILES string of the molecule is COc1ccc(OC)c([C@H](C)NC(=O)COC(=O)[C@@H](C)Oc2ccc(C#N)cc2)c1. The van der Waals surface area contributed by atoms with E-state index < -0.39 is 30.6 Å². The molecule has 0 aliphatic carbocycles. The van der Waals surface area contributed by atoms with Crippen LogP contribution in [0.4, 0.5) is 0 Å². The molecule has 2 aromatic rings. The molecule has 1 N–H and O–H groups in total. The monoisotopic (exact) mass is 412 g/mol. The van der Waals surface area contributed by atoms with E-state index in [1.54, 1.807) is 56.5 Å². The van der Waals surface area contributed by atoms with E-state index in [0.717, 1.165) is 5.56 Å². The van der Waals surface area contributed by atoms with Gasteiger partial charge < -0.3 is 24.3 Å². The van der Waals surface area contributed by atoms with Crippen LogP contribution in [0.5, 0.6) is 17.2 Å². The highest BCUT2D eigenvalue weighted by molar-refractivity contribution is 5.82. The minimum Gasteiger partial charge on any atom is -0.497 e. The van der Waals surface area contributed by atoms with Crippen molar-refractivity contribution < 1.29 is 28.5 Å². The van der Waals surface area contributed by atoms with Crippen molar-refractivity contribution in [2.75, 3.05) is 20.8 Å². The Balaban J connectivity index is 1.87. The predicted molar refractivity (Wildman–Crippen MR) is 108 cm³/mol. The van der Waals surface area contributed by atoms with Gasteiger partial charge in [-0.2, -0.15) is 5.26 Å². The van der Waals surface area contributed by atoms with Gasteiger partial charge in [0.1, 0.15) is 17.2 Å². The Morgan fingerprint density at radius 3 is 2.30 bits per heavy atom. The van der Waals surface area contributed by atoms with Crippen molar-refractivity contribution in [3.8, 4) is 23.3 Å². The number of amides is 1. The van der Waals surface area contributed by atoms with Crippen molar-refractivity contribution in [1.29, 1.82) is 5.26 Å². The standard InChI is InChI=1S/C22H24N2O6/c1-14(19-11-18(27-3)9-10-20(19)28-4)24-21(25)13-29-22(26)15(2)30-17-7-5-16(12-23)6-8-17/h5-11,14-15H,13H2,1-4H3,(H,24,25)/t14-,15+/m0/s1. The molecule has 0 aliphatic rings. The Hall–Kier alpha value is -3.73. The van der Waals surface area contributed by atoms with Gasteiger partial charge in [0, 0.05) is 5.56 Å². The molecule has 1 amide bonds. The number of ether oxygens (including phenoxy) is 4. The van der Waals surface area contributed by atoms with E-state index in [2.05, 4.69) is 5.32 Å². The molecule has 2 atom stereocenters.